The number of aliphatic hydroxyl groups is 1. The van der Waals surface area contributed by atoms with Crippen LogP contribution in [0.1, 0.15) is 43.3 Å². The molecular weight excluding hydrogens is 423 g/mol. The third-order valence-corrected chi connectivity index (χ3v) is 6.79. The number of nitrogens with one attached hydrogen (secondary N) is 1. The third kappa shape index (κ3) is 2.51. The van der Waals surface area contributed by atoms with Crippen LogP contribution in [0.2, 0.25) is 0 Å². The molecule has 2 atom stereocenters. The number of Topliss-reactive ketones (excluding diaryl/α,β-unsaturated/α-hetero) is 1. The van der Waals surface area contributed by atoms with E-state index in [0.29, 0.717) is 34.5 Å². The van der Waals surface area contributed by atoms with Gasteiger partial charge in [-0.25, -0.2) is 4.39 Å². The number of phenolic OH excluding ortho intramolecular Hbond substituents is 1. The predicted molar refractivity (Wildman–Crippen MR) is 118 cm³/mol. The van der Waals surface area contributed by atoms with E-state index in [1.807, 2.05) is 12.1 Å². The Morgan fingerprint density at radius 1 is 0.970 bits per heavy atom. The zero-order valence-corrected chi connectivity index (χ0v) is 17.4. The van der Waals surface area contributed by atoms with Crippen LogP contribution < -0.4 is 5.32 Å². The maximum Gasteiger partial charge on any atom is 0.256 e. The summed E-state index contributed by atoms with van der Waals surface area (Å²) in [6, 6.07) is 17.1. The number of carbonyl (C=O) groups is 2. The topological polar surface area (TPSA) is 89.9 Å². The van der Waals surface area contributed by atoms with Crippen molar-refractivity contribution in [3.05, 3.63) is 106 Å². The lowest BCUT2D eigenvalue weighted by Crippen LogP contribution is -2.52. The lowest BCUT2D eigenvalue weighted by atomic mass is 9.76. The van der Waals surface area contributed by atoms with Gasteiger partial charge in [0.05, 0.1) is 11.6 Å². The first-order chi connectivity index (χ1) is 15.9. The fourth-order valence-electron chi connectivity index (χ4n) is 5.41. The van der Waals surface area contributed by atoms with Crippen molar-refractivity contribution >= 4 is 17.4 Å². The first-order valence-corrected chi connectivity index (χ1v) is 10.7. The molecule has 0 radical (unpaired) electrons. The molecule has 0 spiro atoms. The highest BCUT2D eigenvalue weighted by molar-refractivity contribution is 6.21. The van der Waals surface area contributed by atoms with Crippen molar-refractivity contribution in [2.75, 3.05) is 13.1 Å². The first-order valence-electron chi connectivity index (χ1n) is 10.7. The van der Waals surface area contributed by atoms with Crippen molar-refractivity contribution in [1.82, 2.24) is 10.2 Å². The fourth-order valence-corrected chi connectivity index (χ4v) is 5.41. The number of hydrogen-bond acceptors (Lipinski definition) is 5. The molecule has 164 valence electrons. The lowest BCUT2D eigenvalue weighted by Gasteiger charge is -2.43. The Hall–Kier alpha value is -3.97. The molecule has 33 heavy (non-hydrogen) atoms. The molecule has 3 aromatic rings. The molecule has 7 heteroatoms. The lowest BCUT2D eigenvalue weighted by molar-refractivity contribution is -0.0972. The summed E-state index contributed by atoms with van der Waals surface area (Å²) in [5, 5.41) is 26.4. The molecule has 0 saturated carbocycles. The fraction of sp³-hybridized carbons (Fsp3) is 0.154. The highest BCUT2D eigenvalue weighted by Gasteiger charge is 2.58. The van der Waals surface area contributed by atoms with Gasteiger partial charge in [-0.3, -0.25) is 9.59 Å². The van der Waals surface area contributed by atoms with Crippen LogP contribution in [0.15, 0.2) is 72.3 Å². The van der Waals surface area contributed by atoms with Crippen LogP contribution in [0.3, 0.4) is 0 Å². The quantitative estimate of drug-likeness (QED) is 0.539. The van der Waals surface area contributed by atoms with Crippen molar-refractivity contribution in [2.45, 2.75) is 11.6 Å². The molecule has 3 N–H and O–H groups in total. The van der Waals surface area contributed by atoms with Crippen LogP contribution in [0.4, 0.5) is 4.39 Å². The maximum absolute atomic E-state index is 14.4. The Morgan fingerprint density at radius 3 is 2.45 bits per heavy atom. The molecule has 2 heterocycles. The Bertz CT molecular complexity index is 1400. The van der Waals surface area contributed by atoms with Crippen molar-refractivity contribution in [3.63, 3.8) is 0 Å². The Balaban J connectivity index is 1.71. The molecule has 6 nitrogen and oxygen atoms in total. The summed E-state index contributed by atoms with van der Waals surface area (Å²) in [5.41, 5.74) is 0.499. The first kappa shape index (κ1) is 19.7. The smallest absolute Gasteiger partial charge is 0.256 e. The largest absolute Gasteiger partial charge is 0.508 e. The van der Waals surface area contributed by atoms with Gasteiger partial charge in [-0.1, -0.05) is 42.5 Å². The van der Waals surface area contributed by atoms with Crippen molar-refractivity contribution < 1.29 is 24.2 Å². The predicted octanol–water partition coefficient (Wildman–Crippen LogP) is 3.13. The van der Waals surface area contributed by atoms with Gasteiger partial charge in [0.15, 0.2) is 11.5 Å². The number of ketones is 1. The number of rotatable bonds is 1. The highest BCUT2D eigenvalue weighted by Crippen LogP contribution is 2.55. The van der Waals surface area contributed by atoms with Crippen LogP contribution in [-0.2, 0) is 5.72 Å². The van der Waals surface area contributed by atoms with E-state index in [1.165, 1.54) is 11.0 Å². The summed E-state index contributed by atoms with van der Waals surface area (Å²) in [7, 11) is 0. The summed E-state index contributed by atoms with van der Waals surface area (Å²) < 4.78 is 14.4. The minimum absolute atomic E-state index is 0.0318. The molecule has 1 amide bonds. The molecule has 3 aliphatic rings. The summed E-state index contributed by atoms with van der Waals surface area (Å²) >= 11 is 0. The van der Waals surface area contributed by atoms with E-state index in [9.17, 15) is 24.2 Å². The van der Waals surface area contributed by atoms with Crippen LogP contribution in [0, 0.1) is 5.82 Å². The van der Waals surface area contributed by atoms with E-state index in [-0.39, 0.29) is 35.1 Å². The molecule has 0 fully saturated rings. The number of benzene rings is 3. The van der Waals surface area contributed by atoms with Crippen LogP contribution in [-0.4, -0.2) is 39.9 Å². The van der Waals surface area contributed by atoms with E-state index in [1.54, 1.807) is 36.4 Å². The molecule has 0 saturated heterocycles. The van der Waals surface area contributed by atoms with Crippen molar-refractivity contribution in [2.24, 2.45) is 0 Å². The monoisotopic (exact) mass is 442 g/mol. The minimum Gasteiger partial charge on any atom is -0.508 e. The SMILES string of the molecule is O=C1C2=C(NCCN3C(=O)c4ccccc4[C@]3(O)[C@H]2c2cc(F)ccc2O)c2ccccc21. The Kier molecular flexibility index (Phi) is 4.04. The van der Waals surface area contributed by atoms with E-state index in [0.717, 1.165) is 12.1 Å². The number of fused-ring (bicyclic) bond motifs is 5. The molecule has 1 aliphatic carbocycles. The van der Waals surface area contributed by atoms with Crippen molar-refractivity contribution in [3.8, 4) is 5.75 Å². The molecule has 0 unspecified atom stereocenters. The maximum atomic E-state index is 14.4. The van der Waals surface area contributed by atoms with E-state index in [2.05, 4.69) is 5.32 Å². The van der Waals surface area contributed by atoms with Crippen LogP contribution in [0.25, 0.3) is 5.70 Å². The molecule has 2 aliphatic heterocycles. The number of nitrogens with zero attached hydrogens (tertiary/aromatic N) is 1. The van der Waals surface area contributed by atoms with Crippen LogP contribution in [0.5, 0.6) is 5.75 Å². The zero-order chi connectivity index (χ0) is 22.9. The van der Waals surface area contributed by atoms with Gasteiger partial charge in [0.2, 0.25) is 0 Å². The number of hydrogen-bond donors (Lipinski definition) is 3. The molecule has 3 aromatic carbocycles. The molecule has 0 bridgehead atoms. The van der Waals surface area contributed by atoms with Crippen LogP contribution >= 0.6 is 0 Å². The Labute approximate surface area is 188 Å². The second kappa shape index (κ2) is 6.76. The van der Waals surface area contributed by atoms with E-state index < -0.39 is 17.5 Å². The average Bonchev–Trinajstić information content (AvgIpc) is 3.20. The highest BCUT2D eigenvalue weighted by atomic mass is 19.1. The van der Waals surface area contributed by atoms with E-state index in [4.69, 9.17) is 0 Å². The van der Waals surface area contributed by atoms with Gasteiger partial charge >= 0.3 is 0 Å². The van der Waals surface area contributed by atoms with Gasteiger partial charge in [-0.2, -0.15) is 0 Å². The number of aromatic hydroxyl groups is 1. The van der Waals surface area contributed by atoms with E-state index >= 15 is 0 Å². The summed E-state index contributed by atoms with van der Waals surface area (Å²) in [6.45, 7) is 0.439. The van der Waals surface area contributed by atoms with Gasteiger partial charge in [-0.05, 0) is 24.3 Å². The molecular formula is C26H19FN2O4. The van der Waals surface area contributed by atoms with Gasteiger partial charge in [0, 0.05) is 46.5 Å². The number of phenols is 1. The van der Waals surface area contributed by atoms with Crippen molar-refractivity contribution in [1.29, 1.82) is 0 Å². The standard InChI is InChI=1S/C26H19FN2O4/c27-14-9-10-20(30)18(13-14)22-21-23(15-5-1-2-6-16(15)24(21)31)28-11-12-29-25(32)17-7-3-4-8-19(17)26(22,29)33/h1-10,13,22,28,30,33H,11-12H2/t22-,26-/m0/s1. The summed E-state index contributed by atoms with van der Waals surface area (Å²) in [6.07, 6.45) is 0. The Morgan fingerprint density at radius 2 is 1.67 bits per heavy atom. The number of carbonyl (C=O) groups excluding carboxylic acids is 2. The summed E-state index contributed by atoms with van der Waals surface area (Å²) in [5.74, 6) is -2.86. The third-order valence-electron chi connectivity index (χ3n) is 6.79. The number of halogens is 1. The molecule has 6 rings (SSSR count). The van der Waals surface area contributed by atoms with Gasteiger partial charge in [-0.15, -0.1) is 0 Å². The van der Waals surface area contributed by atoms with Gasteiger partial charge in [0.25, 0.3) is 5.91 Å². The summed E-state index contributed by atoms with van der Waals surface area (Å²) in [4.78, 5) is 28.3. The number of amides is 1. The normalized spacial score (nSPS) is 23.3. The van der Waals surface area contributed by atoms with Gasteiger partial charge < -0.3 is 20.4 Å². The average molecular weight is 442 g/mol. The molecule has 0 aromatic heterocycles. The zero-order valence-electron chi connectivity index (χ0n) is 17.4. The van der Waals surface area contributed by atoms with Gasteiger partial charge in [0.1, 0.15) is 11.6 Å². The second-order valence-electron chi connectivity index (χ2n) is 8.45. The minimum atomic E-state index is -2.00. The second-order valence-corrected chi connectivity index (χ2v) is 8.45.